The van der Waals surface area contributed by atoms with Crippen molar-refractivity contribution in [2.45, 2.75) is 174 Å². The number of imide groups is 2. The lowest BCUT2D eigenvalue weighted by atomic mass is 9.80. The Balaban J connectivity index is 1.01. The number of carbonyl (C=O) groups is 4. The average Bonchev–Trinajstić information content (AvgIpc) is 0.746. The van der Waals surface area contributed by atoms with Crippen LogP contribution in [0.4, 0.5) is 11.4 Å². The fraction of sp³-hybridized carbons (Fsp3) is 0.318. The van der Waals surface area contributed by atoms with Crippen molar-refractivity contribution < 1.29 is 90.0 Å². The molecule has 11 aromatic carbocycles. The maximum absolute atomic E-state index is 16.9. The number of amides is 4. The van der Waals surface area contributed by atoms with E-state index in [-0.39, 0.29) is 111 Å². The van der Waals surface area contributed by atoms with Gasteiger partial charge in [-0.1, -0.05) is 139 Å². The fourth-order valence-electron chi connectivity index (χ4n) is 18.8. The zero-order valence-electron chi connectivity index (χ0n) is 62.1. The zero-order chi connectivity index (χ0) is 79.3. The molecule has 0 spiro atoms. The van der Waals surface area contributed by atoms with Gasteiger partial charge in [-0.05, 0) is 219 Å². The smallest absolute Gasteiger partial charge is 0.294 e. The lowest BCUT2D eigenvalue weighted by Crippen LogP contribution is -2.42. The van der Waals surface area contributed by atoms with Crippen molar-refractivity contribution in [1.82, 2.24) is 0 Å². The lowest BCUT2D eigenvalue weighted by molar-refractivity contribution is 0.0877. The minimum absolute atomic E-state index is 0.00307. The van der Waals surface area contributed by atoms with E-state index in [0.29, 0.717) is 60.7 Å². The second-order valence-electron chi connectivity index (χ2n) is 31.4. The lowest BCUT2D eigenvalue weighted by Gasteiger charge is -2.34. The van der Waals surface area contributed by atoms with Crippen molar-refractivity contribution in [3.63, 3.8) is 0 Å². The third kappa shape index (κ3) is 14.7. The summed E-state index contributed by atoms with van der Waals surface area (Å²) in [5.41, 5.74) is 3.42. The number of para-hydroxylation sites is 2. The third-order valence-corrected chi connectivity index (χ3v) is 27.8. The molecule has 0 atom stereocenters. The average molecular weight is 1620 g/mol. The van der Waals surface area contributed by atoms with E-state index >= 15 is 19.2 Å². The molecule has 2 aliphatic heterocycles. The van der Waals surface area contributed by atoms with Crippen LogP contribution in [0, 0.1) is 23.7 Å². The van der Waals surface area contributed by atoms with Gasteiger partial charge in [0.2, 0.25) is 0 Å². The monoisotopic (exact) mass is 1610 g/mol. The quantitative estimate of drug-likeness (QED) is 0.0169. The van der Waals surface area contributed by atoms with Crippen LogP contribution in [-0.2, 0) is 66.2 Å². The zero-order valence-corrected chi connectivity index (χ0v) is 65.4. The second kappa shape index (κ2) is 30.2. The van der Waals surface area contributed by atoms with E-state index in [1.54, 1.807) is 0 Å². The summed E-state index contributed by atoms with van der Waals surface area (Å²) < 4.78 is 172. The molecule has 26 heteroatoms. The molecule has 4 aliphatic carbocycles. The molecule has 6 aliphatic rings. The summed E-state index contributed by atoms with van der Waals surface area (Å²) in [6.45, 7) is 0. The van der Waals surface area contributed by atoms with E-state index in [1.165, 1.54) is 82.6 Å². The van der Waals surface area contributed by atoms with Gasteiger partial charge in [0.25, 0.3) is 64.1 Å². The summed E-state index contributed by atoms with van der Waals surface area (Å²) in [5, 5.41) is -0.0428. The number of ether oxygens (including phenoxy) is 4. The van der Waals surface area contributed by atoms with Gasteiger partial charge in [0.15, 0.2) is 0 Å². The molecule has 0 bridgehead atoms. The van der Waals surface area contributed by atoms with Crippen LogP contribution in [0.15, 0.2) is 177 Å². The SMILES string of the molecule is O=C1c2cc(Oc3ccc(S(=O)(=O)O)cc3)c3c4c(Oc5ccc(S(=O)(=O)O)cc5)cc5c6c(cc(Oc7ccc(S(=O)(=O)O)cc7)c(c7c(Oc8ccc(S(=O)(=O)O)cc8)cc(c2c37)C(=O)N1c1c(CCC2CCCC2)cccc1CCC1CCCC1)c64)C(=O)N(c1c(CCC2CCCC2)cccc1CCC1CCCC1)C5=O. The van der Waals surface area contributed by atoms with Crippen molar-refractivity contribution in [3.05, 3.63) is 202 Å². The van der Waals surface area contributed by atoms with Crippen LogP contribution < -0.4 is 28.7 Å². The predicted molar refractivity (Wildman–Crippen MR) is 429 cm³/mol. The minimum Gasteiger partial charge on any atom is -0.457 e. The Kier molecular flexibility index (Phi) is 20.3. The Bertz CT molecular complexity index is 5490. The van der Waals surface area contributed by atoms with Crippen LogP contribution in [0.5, 0.6) is 46.0 Å². The molecular formula is C88H82N2O20S4. The first-order chi connectivity index (χ1) is 54.7. The number of aryl methyl sites for hydroxylation is 4. The number of rotatable bonds is 26. The maximum atomic E-state index is 16.9. The van der Waals surface area contributed by atoms with E-state index in [4.69, 9.17) is 18.9 Å². The van der Waals surface area contributed by atoms with Gasteiger partial charge in [0.1, 0.15) is 46.0 Å². The van der Waals surface area contributed by atoms with Crippen LogP contribution in [0.3, 0.4) is 0 Å². The molecule has 4 amide bonds. The first-order valence-electron chi connectivity index (χ1n) is 39.1. The number of carbonyl (C=O) groups excluding carboxylic acids is 4. The summed E-state index contributed by atoms with van der Waals surface area (Å²) in [4.78, 5) is 67.9. The predicted octanol–water partition coefficient (Wildman–Crippen LogP) is 20.0. The van der Waals surface area contributed by atoms with E-state index in [2.05, 4.69) is 0 Å². The second-order valence-corrected chi connectivity index (χ2v) is 37.1. The van der Waals surface area contributed by atoms with Gasteiger partial charge in [-0.2, -0.15) is 33.7 Å². The topological polar surface area (TPSA) is 329 Å². The van der Waals surface area contributed by atoms with Gasteiger partial charge in [0.05, 0.1) is 53.2 Å². The summed E-state index contributed by atoms with van der Waals surface area (Å²) in [6, 6.07) is 36.4. The number of hydrogen-bond donors (Lipinski definition) is 4. The Morgan fingerprint density at radius 2 is 0.482 bits per heavy atom. The highest BCUT2D eigenvalue weighted by atomic mass is 32.2. The molecule has 22 nitrogen and oxygen atoms in total. The Hall–Kier alpha value is -10.2. The molecular weight excluding hydrogens is 1530 g/mol. The van der Waals surface area contributed by atoms with Gasteiger partial charge in [0, 0.05) is 43.1 Å². The minimum atomic E-state index is -4.81. The normalized spacial score (nSPS) is 16.8. The van der Waals surface area contributed by atoms with Crippen molar-refractivity contribution >= 4 is 119 Å². The molecule has 588 valence electrons. The van der Waals surface area contributed by atoms with Gasteiger partial charge >= 0.3 is 0 Å². The van der Waals surface area contributed by atoms with Crippen molar-refractivity contribution in [3.8, 4) is 46.0 Å². The summed E-state index contributed by atoms with van der Waals surface area (Å²) in [5.74, 6) is -2.64. The molecule has 0 unspecified atom stereocenters. The molecule has 11 aromatic rings. The highest BCUT2D eigenvalue weighted by Crippen LogP contribution is 2.59. The highest BCUT2D eigenvalue weighted by Gasteiger charge is 2.45. The van der Waals surface area contributed by atoms with Crippen molar-refractivity contribution in [2.75, 3.05) is 9.80 Å². The van der Waals surface area contributed by atoms with Crippen LogP contribution >= 0.6 is 0 Å². The molecule has 0 aromatic heterocycles. The van der Waals surface area contributed by atoms with Gasteiger partial charge < -0.3 is 18.9 Å². The van der Waals surface area contributed by atoms with Crippen molar-refractivity contribution in [2.24, 2.45) is 23.7 Å². The number of benzene rings is 11. The number of nitrogens with zero attached hydrogens (tertiary/aromatic N) is 2. The number of hydrogen-bond acceptors (Lipinski definition) is 16. The Labute approximate surface area is 659 Å². The molecule has 0 saturated heterocycles. The summed E-state index contributed by atoms with van der Waals surface area (Å²) >= 11 is 0. The van der Waals surface area contributed by atoms with Gasteiger partial charge in [-0.25, -0.2) is 9.80 Å². The van der Waals surface area contributed by atoms with Crippen LogP contribution in [-0.4, -0.2) is 75.5 Å². The number of fused-ring (bicyclic) bond motifs is 2. The molecule has 2 heterocycles. The first-order valence-corrected chi connectivity index (χ1v) is 44.8. The third-order valence-electron chi connectivity index (χ3n) is 24.3. The Morgan fingerprint density at radius 1 is 0.281 bits per heavy atom. The fourth-order valence-corrected chi connectivity index (χ4v) is 20.7. The number of anilines is 2. The summed E-state index contributed by atoms with van der Waals surface area (Å²) in [7, 11) is -19.2. The van der Waals surface area contributed by atoms with Crippen molar-refractivity contribution in [1.29, 1.82) is 0 Å². The van der Waals surface area contributed by atoms with E-state index in [9.17, 15) is 51.9 Å². The van der Waals surface area contributed by atoms with Crippen LogP contribution in [0.2, 0.25) is 0 Å². The van der Waals surface area contributed by atoms with Crippen LogP contribution in [0.25, 0.3) is 43.1 Å². The molecule has 114 heavy (non-hydrogen) atoms. The van der Waals surface area contributed by atoms with Gasteiger partial charge in [-0.15, -0.1) is 0 Å². The largest absolute Gasteiger partial charge is 0.457 e. The van der Waals surface area contributed by atoms with E-state index < -0.39 is 83.7 Å². The molecule has 4 N–H and O–H groups in total. The molecule has 4 saturated carbocycles. The molecule has 0 radical (unpaired) electrons. The van der Waals surface area contributed by atoms with E-state index in [1.807, 2.05) is 36.4 Å². The Morgan fingerprint density at radius 3 is 0.675 bits per heavy atom. The van der Waals surface area contributed by atoms with Crippen LogP contribution in [0.1, 0.15) is 192 Å². The molecule has 17 rings (SSSR count). The summed E-state index contributed by atoms with van der Waals surface area (Å²) in [6.07, 6.45) is 22.1. The standard InChI is InChI=1S/C88H82N2O20S4/c91-85-67-47-71(107-59-31-39-63(40-32-59)111(95,96)97)77-79-73(109-61-35-43-65(44-36-61)113(101,102)103)49-69-76-70(88(94)90(87(69)93)84-57(29-25-53-15-5-6-16-53)21-10-22-58(84)30-26-54-17-7-8-18-54)50-74(110-62-37-45-66(46-38-62)114(104,105)106)80(82(76)79)78-72(108-60-33-41-64(42-34-60)112(98,99)100)48-68(75(67)81(77)78)86(92)89(85)83-55(27-23-51-11-1-2-12-51)19-9-20-56(83)28-24-52-13-3-4-14-52/h9-10,19-22,31-54H,1-8,11-18,23-30H2,(H,95,96,97)(H,98,99,100)(H,101,102,103)(H,104,105,106). The van der Waals surface area contributed by atoms with E-state index in [0.717, 1.165) is 199 Å². The first kappa shape index (κ1) is 76.5. The highest BCUT2D eigenvalue weighted by molar-refractivity contribution is 7.86. The van der Waals surface area contributed by atoms with Gasteiger partial charge in [-0.3, -0.25) is 37.4 Å². The maximum Gasteiger partial charge on any atom is 0.294 e. The molecule has 4 fully saturated rings.